The monoisotopic (exact) mass is 352 g/mol. The number of hydrogen-bond donors (Lipinski definition) is 6. The number of halogens is 2. The molecule has 0 spiro atoms. The first kappa shape index (κ1) is 36.4. The molecule has 0 aliphatic rings. The molecule has 0 aliphatic heterocycles. The van der Waals surface area contributed by atoms with Gasteiger partial charge in [-0.3, -0.25) is 0 Å². The fraction of sp³-hybridized carbons (Fsp3) is 1.00. The van der Waals surface area contributed by atoms with Crippen molar-refractivity contribution in [2.24, 2.45) is 22.9 Å². The third-order valence-electron chi connectivity index (χ3n) is 1.28. The van der Waals surface area contributed by atoms with Crippen molar-refractivity contribution in [1.82, 2.24) is 10.6 Å². The van der Waals surface area contributed by atoms with E-state index in [-0.39, 0.29) is 46.8 Å². The van der Waals surface area contributed by atoms with Crippen LogP contribution in [0.5, 0.6) is 0 Å². The minimum Gasteiger partial charge on any atom is -1.00 e. The molecule has 0 aromatic carbocycles. The van der Waals surface area contributed by atoms with Gasteiger partial charge in [0, 0.05) is 52.4 Å². The van der Waals surface area contributed by atoms with Crippen LogP contribution >= 0.6 is 0 Å². The van der Waals surface area contributed by atoms with Crippen LogP contribution in [0, 0.1) is 0 Å². The maximum atomic E-state index is 5.17. The molecule has 0 unspecified atom stereocenters. The molecular formula is C8H28Cl2N6NiO. The third-order valence-corrected chi connectivity index (χ3v) is 1.28. The molecule has 0 radical (unpaired) electrons. The van der Waals surface area contributed by atoms with Crippen molar-refractivity contribution in [3.63, 3.8) is 0 Å². The average Bonchev–Trinajstić information content (AvgIpc) is 2.21. The van der Waals surface area contributed by atoms with E-state index in [2.05, 4.69) is 10.6 Å². The first-order valence-corrected chi connectivity index (χ1v) is 5.05. The Morgan fingerprint density at radius 2 is 0.722 bits per heavy atom. The van der Waals surface area contributed by atoms with Crippen LogP contribution in [0.4, 0.5) is 0 Å². The predicted molar refractivity (Wildman–Crippen MR) is 65.6 cm³/mol. The van der Waals surface area contributed by atoms with Crippen molar-refractivity contribution in [2.75, 3.05) is 52.4 Å². The second kappa shape index (κ2) is 43.1. The Morgan fingerprint density at radius 3 is 0.833 bits per heavy atom. The summed E-state index contributed by atoms with van der Waals surface area (Å²) >= 11 is 0. The second-order valence-corrected chi connectivity index (χ2v) is 2.65. The van der Waals surface area contributed by atoms with Crippen molar-refractivity contribution < 1.29 is 46.8 Å². The van der Waals surface area contributed by atoms with Crippen LogP contribution in [0.2, 0.25) is 0 Å². The molecular weight excluding hydrogens is 326 g/mol. The molecule has 12 N–H and O–H groups in total. The van der Waals surface area contributed by atoms with E-state index in [4.69, 9.17) is 22.9 Å². The van der Waals surface area contributed by atoms with Gasteiger partial charge in [0.25, 0.3) is 0 Å². The molecule has 10 heteroatoms. The minimum absolute atomic E-state index is 0. The molecule has 120 valence electrons. The maximum Gasteiger partial charge on any atom is 2.00 e. The maximum absolute atomic E-state index is 5.17. The molecule has 0 heterocycles. The van der Waals surface area contributed by atoms with Crippen LogP contribution in [0.15, 0.2) is 0 Å². The molecule has 0 aromatic heterocycles. The molecule has 0 fully saturated rings. The quantitative estimate of drug-likeness (QED) is 0.188. The fourth-order valence-electron chi connectivity index (χ4n) is 0.658. The summed E-state index contributed by atoms with van der Waals surface area (Å²) in [5.41, 5.74) is 20.7. The molecule has 0 rings (SSSR count). The van der Waals surface area contributed by atoms with Crippen LogP contribution in [0.1, 0.15) is 0 Å². The summed E-state index contributed by atoms with van der Waals surface area (Å²) in [5, 5.41) is 6.07. The van der Waals surface area contributed by atoms with E-state index >= 15 is 0 Å². The zero-order valence-corrected chi connectivity index (χ0v) is 13.0. The molecule has 0 saturated carbocycles. The van der Waals surface area contributed by atoms with Gasteiger partial charge in [0.2, 0.25) is 0 Å². The van der Waals surface area contributed by atoms with Crippen LogP contribution in [0.25, 0.3) is 0 Å². The van der Waals surface area contributed by atoms with Gasteiger partial charge in [0.1, 0.15) is 0 Å². The van der Waals surface area contributed by atoms with Crippen molar-refractivity contribution in [3.05, 3.63) is 0 Å². The Bertz CT molecular complexity index is 82.0. The Morgan fingerprint density at radius 1 is 0.556 bits per heavy atom. The Hall–Kier alpha value is 0.794. The van der Waals surface area contributed by atoms with Crippen LogP contribution in [-0.4, -0.2) is 57.8 Å². The summed E-state index contributed by atoms with van der Waals surface area (Å²) in [6, 6.07) is 0. The smallest absolute Gasteiger partial charge is 1.00 e. The van der Waals surface area contributed by atoms with Gasteiger partial charge in [0.05, 0.1) is 0 Å². The Kier molecular flexibility index (Phi) is 87.0. The summed E-state index contributed by atoms with van der Waals surface area (Å²) in [7, 11) is 0. The standard InChI is InChI=1S/2C4H13N3.2ClH.Ni.H2O/c2*5-1-3-7-4-2-6;;;;/h2*7H,1-6H2;2*1H;;1H2/q;;;;+2;/p-2. The predicted octanol–water partition coefficient (Wildman–Crippen LogP) is -9.83. The van der Waals surface area contributed by atoms with E-state index in [1.807, 2.05) is 0 Å². The van der Waals surface area contributed by atoms with Crippen LogP contribution in [-0.2, 0) is 16.5 Å². The van der Waals surface area contributed by atoms with Crippen molar-refractivity contribution in [1.29, 1.82) is 0 Å². The zero-order valence-electron chi connectivity index (χ0n) is 10.5. The first-order chi connectivity index (χ1) is 6.83. The van der Waals surface area contributed by atoms with E-state index in [1.165, 1.54) is 0 Å². The normalized spacial score (nSPS) is 7.33. The molecule has 0 saturated heterocycles. The van der Waals surface area contributed by atoms with Crippen LogP contribution in [0.3, 0.4) is 0 Å². The average molecular weight is 354 g/mol. The number of hydrogen-bond acceptors (Lipinski definition) is 6. The van der Waals surface area contributed by atoms with Gasteiger partial charge in [-0.05, 0) is 0 Å². The molecule has 0 amide bonds. The first-order valence-electron chi connectivity index (χ1n) is 5.05. The third kappa shape index (κ3) is 54.2. The molecule has 0 atom stereocenters. The van der Waals surface area contributed by atoms with Gasteiger partial charge in [-0.25, -0.2) is 0 Å². The van der Waals surface area contributed by atoms with Gasteiger partial charge in [0.15, 0.2) is 0 Å². The van der Waals surface area contributed by atoms with Crippen molar-refractivity contribution in [2.45, 2.75) is 0 Å². The molecule has 0 aromatic rings. The molecule has 7 nitrogen and oxygen atoms in total. The second-order valence-electron chi connectivity index (χ2n) is 2.65. The summed E-state index contributed by atoms with van der Waals surface area (Å²) in [5.74, 6) is 0. The number of rotatable bonds is 8. The van der Waals surface area contributed by atoms with Gasteiger partial charge in [-0.15, -0.1) is 0 Å². The summed E-state index contributed by atoms with van der Waals surface area (Å²) < 4.78 is 0. The Balaban J connectivity index is -0.0000000327. The van der Waals surface area contributed by atoms with E-state index in [1.54, 1.807) is 0 Å². The van der Waals surface area contributed by atoms with Gasteiger partial charge in [-0.1, -0.05) is 0 Å². The van der Waals surface area contributed by atoms with E-state index < -0.39 is 0 Å². The molecule has 0 bridgehead atoms. The van der Waals surface area contributed by atoms with E-state index in [0.29, 0.717) is 26.2 Å². The molecule has 18 heavy (non-hydrogen) atoms. The van der Waals surface area contributed by atoms with Crippen molar-refractivity contribution in [3.8, 4) is 0 Å². The largest absolute Gasteiger partial charge is 2.00 e. The zero-order chi connectivity index (χ0) is 11.1. The summed E-state index contributed by atoms with van der Waals surface area (Å²) in [4.78, 5) is 0. The number of nitrogens with one attached hydrogen (secondary N) is 2. The van der Waals surface area contributed by atoms with E-state index in [9.17, 15) is 0 Å². The fourth-order valence-corrected chi connectivity index (χ4v) is 0.658. The van der Waals surface area contributed by atoms with Gasteiger partial charge in [-0.2, -0.15) is 0 Å². The van der Waals surface area contributed by atoms with E-state index in [0.717, 1.165) is 26.2 Å². The SMILES string of the molecule is NCCNCCN.NCCNCCN.O.[Cl-].[Cl-].[Ni+2]. The Labute approximate surface area is 133 Å². The minimum atomic E-state index is 0. The number of nitrogens with two attached hydrogens (primary N) is 4. The van der Waals surface area contributed by atoms with Gasteiger partial charge < -0.3 is 63.9 Å². The topological polar surface area (TPSA) is 160 Å². The molecule has 0 aliphatic carbocycles. The van der Waals surface area contributed by atoms with Crippen LogP contribution < -0.4 is 58.4 Å². The van der Waals surface area contributed by atoms with Gasteiger partial charge >= 0.3 is 16.5 Å². The summed E-state index contributed by atoms with van der Waals surface area (Å²) in [6.07, 6.45) is 0. The summed E-state index contributed by atoms with van der Waals surface area (Å²) in [6.45, 7) is 6.27. The van der Waals surface area contributed by atoms with Crippen molar-refractivity contribution >= 4 is 0 Å².